The van der Waals surface area contributed by atoms with Crippen LogP contribution in [0.1, 0.15) is 17.4 Å². The fraction of sp³-hybridized carbons (Fsp3) is 0.200. The van der Waals surface area contributed by atoms with Gasteiger partial charge in [0.25, 0.3) is 0 Å². The van der Waals surface area contributed by atoms with E-state index in [0.717, 1.165) is 21.0 Å². The van der Waals surface area contributed by atoms with Crippen LogP contribution in [-0.4, -0.2) is 25.4 Å². The molecule has 108 valence electrons. The van der Waals surface area contributed by atoms with Gasteiger partial charge in [0.2, 0.25) is 0 Å². The number of thiazole rings is 1. The third kappa shape index (κ3) is 2.38. The molecule has 0 unspecified atom stereocenters. The molecule has 3 rings (SSSR count). The molecule has 0 bridgehead atoms. The maximum atomic E-state index is 10.1. The molecule has 0 aliphatic rings. The van der Waals surface area contributed by atoms with Crippen LogP contribution in [0.3, 0.4) is 0 Å². The Bertz CT molecular complexity index is 792. The van der Waals surface area contributed by atoms with Crippen LogP contribution in [0.2, 0.25) is 0 Å². The highest BCUT2D eigenvalue weighted by molar-refractivity contribution is 7.15. The minimum atomic E-state index is 0.0171. The van der Waals surface area contributed by atoms with Gasteiger partial charge in [0.15, 0.2) is 0 Å². The molecule has 6 heteroatoms. The molecular formula is C15H15N3O2S. The molecule has 3 N–H and O–H groups in total. The zero-order chi connectivity index (χ0) is 15.0. The van der Waals surface area contributed by atoms with E-state index in [1.54, 1.807) is 23.6 Å². The maximum Gasteiger partial charge on any atom is 0.128 e. The predicted octanol–water partition coefficient (Wildman–Crippen LogP) is 3.48. The van der Waals surface area contributed by atoms with Crippen molar-refractivity contribution in [2.45, 2.75) is 20.3 Å². The standard InChI is InChI=1S/C15H15N3O2S/c1-3-9-4-10(13(20)5-12(9)19)14-11(7-17-18-14)15-16-6-8(2)21-15/h4-7,19-20H,3H2,1-2H3,(H,17,18). The Morgan fingerprint density at radius 1 is 1.14 bits per heavy atom. The average Bonchev–Trinajstić information content (AvgIpc) is 3.07. The second-order valence-electron chi connectivity index (χ2n) is 4.79. The molecule has 2 heterocycles. The number of benzene rings is 1. The van der Waals surface area contributed by atoms with Crippen LogP contribution < -0.4 is 0 Å². The number of aryl methyl sites for hydroxylation is 2. The summed E-state index contributed by atoms with van der Waals surface area (Å²) in [7, 11) is 0. The lowest BCUT2D eigenvalue weighted by atomic mass is 10.0. The summed E-state index contributed by atoms with van der Waals surface area (Å²) < 4.78 is 0. The number of aromatic amines is 1. The van der Waals surface area contributed by atoms with E-state index in [1.165, 1.54) is 6.07 Å². The molecule has 0 radical (unpaired) electrons. The Balaban J connectivity index is 2.16. The summed E-state index contributed by atoms with van der Waals surface area (Å²) in [6, 6.07) is 3.15. The van der Waals surface area contributed by atoms with Gasteiger partial charge >= 0.3 is 0 Å². The molecule has 21 heavy (non-hydrogen) atoms. The van der Waals surface area contributed by atoms with Crippen molar-refractivity contribution >= 4 is 11.3 Å². The molecule has 5 nitrogen and oxygen atoms in total. The van der Waals surface area contributed by atoms with E-state index < -0.39 is 0 Å². The molecule has 2 aromatic heterocycles. The van der Waals surface area contributed by atoms with E-state index in [-0.39, 0.29) is 11.5 Å². The summed E-state index contributed by atoms with van der Waals surface area (Å²) in [4.78, 5) is 5.47. The highest BCUT2D eigenvalue weighted by Crippen LogP contribution is 2.39. The van der Waals surface area contributed by atoms with Crippen LogP contribution in [0.4, 0.5) is 0 Å². The molecule has 0 saturated heterocycles. The second kappa shape index (κ2) is 5.21. The third-order valence-corrected chi connectivity index (χ3v) is 4.28. The first-order valence-corrected chi connectivity index (χ1v) is 7.43. The minimum Gasteiger partial charge on any atom is -0.508 e. The van der Waals surface area contributed by atoms with Crippen molar-refractivity contribution in [2.75, 3.05) is 0 Å². The van der Waals surface area contributed by atoms with Crippen LogP contribution in [0.25, 0.3) is 21.8 Å². The summed E-state index contributed by atoms with van der Waals surface area (Å²) in [5.74, 6) is 0.119. The molecule has 1 aromatic carbocycles. The van der Waals surface area contributed by atoms with Gasteiger partial charge in [0.05, 0.1) is 17.5 Å². The molecule has 3 aromatic rings. The number of hydrogen-bond donors (Lipinski definition) is 3. The zero-order valence-electron chi connectivity index (χ0n) is 11.7. The average molecular weight is 301 g/mol. The first kappa shape index (κ1) is 13.6. The van der Waals surface area contributed by atoms with Crippen molar-refractivity contribution in [1.82, 2.24) is 15.2 Å². The number of nitrogens with one attached hydrogen (secondary N) is 1. The molecular weight excluding hydrogens is 286 g/mol. The van der Waals surface area contributed by atoms with Crippen LogP contribution in [0.5, 0.6) is 11.5 Å². The van der Waals surface area contributed by atoms with E-state index in [1.807, 2.05) is 20.0 Å². The molecule has 0 spiro atoms. The Kier molecular flexibility index (Phi) is 3.39. The molecule has 0 aliphatic carbocycles. The van der Waals surface area contributed by atoms with Gasteiger partial charge in [-0.2, -0.15) is 5.10 Å². The van der Waals surface area contributed by atoms with Gasteiger partial charge in [0, 0.05) is 22.7 Å². The summed E-state index contributed by atoms with van der Waals surface area (Å²) >= 11 is 1.57. The number of aromatic hydroxyl groups is 2. The van der Waals surface area contributed by atoms with Crippen molar-refractivity contribution < 1.29 is 10.2 Å². The Labute approximate surface area is 125 Å². The molecule has 0 saturated carbocycles. The zero-order valence-corrected chi connectivity index (χ0v) is 12.5. The van der Waals surface area contributed by atoms with E-state index in [4.69, 9.17) is 0 Å². The summed E-state index contributed by atoms with van der Waals surface area (Å²) in [5.41, 5.74) is 2.94. The Morgan fingerprint density at radius 3 is 2.62 bits per heavy atom. The van der Waals surface area contributed by atoms with Crippen molar-refractivity contribution in [3.05, 3.63) is 35.0 Å². The van der Waals surface area contributed by atoms with Gasteiger partial charge in [-0.05, 0) is 25.0 Å². The predicted molar refractivity (Wildman–Crippen MR) is 82.6 cm³/mol. The smallest absolute Gasteiger partial charge is 0.128 e. The first-order valence-electron chi connectivity index (χ1n) is 6.61. The topological polar surface area (TPSA) is 82.0 Å². The first-order chi connectivity index (χ1) is 10.1. The van der Waals surface area contributed by atoms with Crippen molar-refractivity contribution in [3.8, 4) is 33.3 Å². The minimum absolute atomic E-state index is 0.0171. The van der Waals surface area contributed by atoms with Gasteiger partial charge < -0.3 is 10.2 Å². The van der Waals surface area contributed by atoms with Crippen LogP contribution in [0, 0.1) is 6.92 Å². The summed E-state index contributed by atoms with van der Waals surface area (Å²) in [6.07, 6.45) is 4.19. The van der Waals surface area contributed by atoms with Crippen LogP contribution in [0.15, 0.2) is 24.5 Å². The second-order valence-corrected chi connectivity index (χ2v) is 6.02. The molecule has 0 aliphatic heterocycles. The number of phenolic OH excluding ortho intramolecular Hbond substituents is 2. The lowest BCUT2D eigenvalue weighted by Crippen LogP contribution is -1.88. The van der Waals surface area contributed by atoms with Gasteiger partial charge in [-0.3, -0.25) is 5.10 Å². The van der Waals surface area contributed by atoms with Crippen molar-refractivity contribution in [3.63, 3.8) is 0 Å². The van der Waals surface area contributed by atoms with Gasteiger partial charge in [-0.25, -0.2) is 4.98 Å². The van der Waals surface area contributed by atoms with Gasteiger partial charge in [-0.1, -0.05) is 6.92 Å². The fourth-order valence-corrected chi connectivity index (χ4v) is 3.02. The Hall–Kier alpha value is -2.34. The lowest BCUT2D eigenvalue weighted by molar-refractivity contribution is 0.447. The largest absolute Gasteiger partial charge is 0.508 e. The fourth-order valence-electron chi connectivity index (χ4n) is 2.24. The SMILES string of the molecule is CCc1cc(-c2[nH]ncc2-c2ncc(C)s2)c(O)cc1O. The normalized spacial score (nSPS) is 11.0. The highest BCUT2D eigenvalue weighted by Gasteiger charge is 2.17. The van der Waals surface area contributed by atoms with E-state index in [9.17, 15) is 10.2 Å². The molecule has 0 fully saturated rings. The molecule has 0 amide bonds. The Morgan fingerprint density at radius 2 is 1.95 bits per heavy atom. The van der Waals surface area contributed by atoms with Crippen LogP contribution in [-0.2, 0) is 6.42 Å². The van der Waals surface area contributed by atoms with Crippen LogP contribution >= 0.6 is 11.3 Å². The monoisotopic (exact) mass is 301 g/mol. The van der Waals surface area contributed by atoms with Crippen molar-refractivity contribution in [1.29, 1.82) is 0 Å². The summed E-state index contributed by atoms with van der Waals surface area (Å²) in [5, 5.41) is 27.8. The number of nitrogens with zero attached hydrogens (tertiary/aromatic N) is 2. The maximum absolute atomic E-state index is 10.1. The van der Waals surface area contributed by atoms with Gasteiger partial charge in [-0.15, -0.1) is 11.3 Å². The highest BCUT2D eigenvalue weighted by atomic mass is 32.1. The quantitative estimate of drug-likeness (QED) is 0.691. The number of hydrogen-bond acceptors (Lipinski definition) is 5. The van der Waals surface area contributed by atoms with E-state index >= 15 is 0 Å². The van der Waals surface area contributed by atoms with Crippen molar-refractivity contribution in [2.24, 2.45) is 0 Å². The number of phenols is 2. The van der Waals surface area contributed by atoms with E-state index in [2.05, 4.69) is 15.2 Å². The molecule has 0 atom stereocenters. The third-order valence-electron chi connectivity index (χ3n) is 3.34. The van der Waals surface area contributed by atoms with Gasteiger partial charge in [0.1, 0.15) is 16.5 Å². The number of rotatable bonds is 3. The number of H-pyrrole nitrogens is 1. The summed E-state index contributed by atoms with van der Waals surface area (Å²) in [6.45, 7) is 3.95. The lowest BCUT2D eigenvalue weighted by Gasteiger charge is -2.08. The van der Waals surface area contributed by atoms with E-state index in [0.29, 0.717) is 17.7 Å². The number of aromatic nitrogens is 3.